The molecule has 0 amide bonds. The molecule has 170 valence electrons. The predicted molar refractivity (Wildman–Crippen MR) is 130 cm³/mol. The highest BCUT2D eigenvalue weighted by Crippen LogP contribution is 2.45. The SMILES string of the molecule is COC(=O)c1ccc2c(c1)nc(Cc1ccc(C(C)C)cc1)n2C1C[C@H](C)CC(C)(C)C1. The number of imidazole rings is 1. The molecule has 32 heavy (non-hydrogen) atoms. The quantitative estimate of drug-likeness (QED) is 0.411. The van der Waals surface area contributed by atoms with Crippen molar-refractivity contribution >= 4 is 17.0 Å². The Morgan fingerprint density at radius 1 is 1.16 bits per heavy atom. The summed E-state index contributed by atoms with van der Waals surface area (Å²) in [5, 5.41) is 0. The molecule has 0 radical (unpaired) electrons. The molecule has 1 aliphatic carbocycles. The Balaban J connectivity index is 1.78. The molecule has 4 heteroatoms. The summed E-state index contributed by atoms with van der Waals surface area (Å²) in [6.07, 6.45) is 4.34. The topological polar surface area (TPSA) is 44.1 Å². The zero-order valence-corrected chi connectivity index (χ0v) is 20.3. The fourth-order valence-corrected chi connectivity index (χ4v) is 5.62. The van der Waals surface area contributed by atoms with Crippen LogP contribution in [0.5, 0.6) is 0 Å². The molecule has 1 aromatic heterocycles. The van der Waals surface area contributed by atoms with E-state index in [1.807, 2.05) is 18.2 Å². The van der Waals surface area contributed by atoms with E-state index < -0.39 is 0 Å². The molecule has 1 aliphatic rings. The van der Waals surface area contributed by atoms with Gasteiger partial charge in [0.2, 0.25) is 0 Å². The maximum absolute atomic E-state index is 12.1. The van der Waals surface area contributed by atoms with Crippen molar-refractivity contribution in [3.63, 3.8) is 0 Å². The molecular weight excluding hydrogens is 396 g/mol. The molecule has 1 saturated carbocycles. The first-order valence-corrected chi connectivity index (χ1v) is 11.8. The number of rotatable bonds is 5. The first-order valence-electron chi connectivity index (χ1n) is 11.8. The molecule has 1 fully saturated rings. The van der Waals surface area contributed by atoms with Crippen LogP contribution in [0.4, 0.5) is 0 Å². The average Bonchev–Trinajstić information content (AvgIpc) is 3.09. The molecule has 1 heterocycles. The molecule has 4 nitrogen and oxygen atoms in total. The number of hydrogen-bond acceptors (Lipinski definition) is 3. The molecule has 4 rings (SSSR count). The molecule has 3 aromatic rings. The Morgan fingerprint density at radius 3 is 2.50 bits per heavy atom. The fraction of sp³-hybridized carbons (Fsp3) is 0.500. The lowest BCUT2D eigenvalue weighted by Gasteiger charge is -2.40. The average molecular weight is 433 g/mol. The second kappa shape index (κ2) is 8.73. The monoisotopic (exact) mass is 432 g/mol. The van der Waals surface area contributed by atoms with Crippen LogP contribution >= 0.6 is 0 Å². The number of esters is 1. The second-order valence-corrected chi connectivity index (χ2v) is 10.7. The van der Waals surface area contributed by atoms with E-state index in [1.165, 1.54) is 24.7 Å². The van der Waals surface area contributed by atoms with Gasteiger partial charge in [0.1, 0.15) is 5.82 Å². The third-order valence-electron chi connectivity index (χ3n) is 6.92. The summed E-state index contributed by atoms with van der Waals surface area (Å²) >= 11 is 0. The standard InChI is InChI=1S/C28H36N2O2/c1-18(2)21-9-7-20(8-10-21)14-26-29-24-15-22(27(31)32-6)11-12-25(24)30(26)23-13-19(3)16-28(4,5)17-23/h7-12,15,18-19,23H,13-14,16-17H2,1-6H3/t19-,23?/m0/s1. The molecule has 2 aromatic carbocycles. The van der Waals surface area contributed by atoms with Crippen LogP contribution in [-0.2, 0) is 11.2 Å². The van der Waals surface area contributed by atoms with Crippen LogP contribution in [-0.4, -0.2) is 22.6 Å². The van der Waals surface area contributed by atoms with Gasteiger partial charge in [0.15, 0.2) is 0 Å². The fourth-order valence-electron chi connectivity index (χ4n) is 5.62. The Bertz CT molecular complexity index is 1110. The second-order valence-electron chi connectivity index (χ2n) is 10.7. The lowest BCUT2D eigenvalue weighted by molar-refractivity contribution is 0.0601. The van der Waals surface area contributed by atoms with Crippen LogP contribution in [0.15, 0.2) is 42.5 Å². The highest BCUT2D eigenvalue weighted by atomic mass is 16.5. The van der Waals surface area contributed by atoms with Crippen molar-refractivity contribution < 1.29 is 9.53 Å². The molecule has 0 saturated heterocycles. The first-order chi connectivity index (χ1) is 15.2. The summed E-state index contributed by atoms with van der Waals surface area (Å²) in [6.45, 7) is 11.6. The minimum absolute atomic E-state index is 0.307. The van der Waals surface area contributed by atoms with Crippen LogP contribution in [0.25, 0.3) is 11.0 Å². The van der Waals surface area contributed by atoms with Gasteiger partial charge in [-0.1, -0.05) is 58.9 Å². The molecule has 0 bridgehead atoms. The maximum atomic E-state index is 12.1. The number of ether oxygens (including phenoxy) is 1. The van der Waals surface area contributed by atoms with Crippen molar-refractivity contribution in [1.29, 1.82) is 0 Å². The molecule has 2 atom stereocenters. The van der Waals surface area contributed by atoms with Crippen LogP contribution in [0.1, 0.15) is 93.2 Å². The number of hydrogen-bond donors (Lipinski definition) is 0. The van der Waals surface area contributed by atoms with Crippen LogP contribution < -0.4 is 0 Å². The minimum atomic E-state index is -0.320. The van der Waals surface area contributed by atoms with Crippen molar-refractivity contribution in [3.8, 4) is 0 Å². The zero-order valence-electron chi connectivity index (χ0n) is 20.3. The van der Waals surface area contributed by atoms with Crippen LogP contribution in [0, 0.1) is 11.3 Å². The number of aromatic nitrogens is 2. The van der Waals surface area contributed by atoms with Gasteiger partial charge in [0.25, 0.3) is 0 Å². The molecule has 0 N–H and O–H groups in total. The van der Waals surface area contributed by atoms with Crippen LogP contribution in [0.3, 0.4) is 0 Å². The van der Waals surface area contributed by atoms with Gasteiger partial charge in [0, 0.05) is 12.5 Å². The smallest absolute Gasteiger partial charge is 0.337 e. The molecule has 1 unspecified atom stereocenters. The third kappa shape index (κ3) is 4.60. The van der Waals surface area contributed by atoms with E-state index in [2.05, 4.69) is 63.5 Å². The largest absolute Gasteiger partial charge is 0.465 e. The Labute approximate surface area is 192 Å². The van der Waals surface area contributed by atoms with E-state index in [0.29, 0.717) is 28.9 Å². The van der Waals surface area contributed by atoms with E-state index >= 15 is 0 Å². The number of fused-ring (bicyclic) bond motifs is 1. The van der Waals surface area contributed by atoms with Gasteiger partial charge >= 0.3 is 5.97 Å². The van der Waals surface area contributed by atoms with Crippen LogP contribution in [0.2, 0.25) is 0 Å². The van der Waals surface area contributed by atoms with Crippen molar-refractivity contribution in [2.24, 2.45) is 11.3 Å². The van der Waals surface area contributed by atoms with Crippen molar-refractivity contribution in [1.82, 2.24) is 9.55 Å². The van der Waals surface area contributed by atoms with E-state index in [-0.39, 0.29) is 5.97 Å². The van der Waals surface area contributed by atoms with E-state index in [9.17, 15) is 4.79 Å². The summed E-state index contributed by atoms with van der Waals surface area (Å²) < 4.78 is 7.39. The predicted octanol–water partition coefficient (Wildman–Crippen LogP) is 6.92. The lowest BCUT2D eigenvalue weighted by Crippen LogP contribution is -2.30. The highest BCUT2D eigenvalue weighted by molar-refractivity contribution is 5.93. The Kier molecular flexibility index (Phi) is 6.15. The summed E-state index contributed by atoms with van der Waals surface area (Å²) in [6, 6.07) is 15.1. The number of methoxy groups -OCH3 is 1. The van der Waals surface area contributed by atoms with E-state index in [1.54, 1.807) is 0 Å². The van der Waals surface area contributed by atoms with Crippen molar-refractivity contribution in [2.75, 3.05) is 7.11 Å². The highest BCUT2D eigenvalue weighted by Gasteiger charge is 2.34. The van der Waals surface area contributed by atoms with Gasteiger partial charge in [-0.05, 0) is 65.8 Å². The first kappa shape index (κ1) is 22.6. The van der Waals surface area contributed by atoms with Gasteiger partial charge in [0.05, 0.1) is 23.7 Å². The number of carbonyl (C=O) groups is 1. The molecular formula is C28H36N2O2. The van der Waals surface area contributed by atoms with Gasteiger partial charge < -0.3 is 9.30 Å². The molecule has 0 aliphatic heterocycles. The zero-order chi connectivity index (χ0) is 23.0. The van der Waals surface area contributed by atoms with E-state index in [0.717, 1.165) is 36.1 Å². The normalized spacial score (nSPS) is 20.6. The number of benzene rings is 2. The summed E-state index contributed by atoms with van der Waals surface area (Å²) in [7, 11) is 1.42. The van der Waals surface area contributed by atoms with Crippen molar-refractivity contribution in [3.05, 3.63) is 65.0 Å². The van der Waals surface area contributed by atoms with Gasteiger partial charge in [-0.3, -0.25) is 0 Å². The minimum Gasteiger partial charge on any atom is -0.465 e. The Hall–Kier alpha value is -2.62. The number of carbonyl (C=O) groups excluding carboxylic acids is 1. The summed E-state index contributed by atoms with van der Waals surface area (Å²) in [4.78, 5) is 17.1. The van der Waals surface area contributed by atoms with Gasteiger partial charge in [-0.2, -0.15) is 0 Å². The Morgan fingerprint density at radius 2 is 1.88 bits per heavy atom. The van der Waals surface area contributed by atoms with Crippen molar-refractivity contribution in [2.45, 2.75) is 72.3 Å². The summed E-state index contributed by atoms with van der Waals surface area (Å²) in [5.41, 5.74) is 5.46. The lowest BCUT2D eigenvalue weighted by atomic mass is 9.70. The maximum Gasteiger partial charge on any atom is 0.337 e. The van der Waals surface area contributed by atoms with E-state index in [4.69, 9.17) is 9.72 Å². The molecule has 0 spiro atoms. The number of nitrogens with zero attached hydrogens (tertiary/aromatic N) is 2. The van der Waals surface area contributed by atoms with Gasteiger partial charge in [-0.15, -0.1) is 0 Å². The van der Waals surface area contributed by atoms with Gasteiger partial charge in [-0.25, -0.2) is 9.78 Å². The third-order valence-corrected chi connectivity index (χ3v) is 6.92. The summed E-state index contributed by atoms with van der Waals surface area (Å²) in [5.74, 6) is 1.96.